The van der Waals surface area contributed by atoms with Gasteiger partial charge in [-0.3, -0.25) is 0 Å². The predicted octanol–water partition coefficient (Wildman–Crippen LogP) is 9.23. The van der Waals surface area contributed by atoms with Crippen molar-refractivity contribution in [2.75, 3.05) is 0 Å². The molecule has 0 amide bonds. The van der Waals surface area contributed by atoms with Crippen LogP contribution in [0.3, 0.4) is 0 Å². The summed E-state index contributed by atoms with van der Waals surface area (Å²) >= 11 is 0. The maximum atomic E-state index is 9.01. The van der Waals surface area contributed by atoms with Crippen molar-refractivity contribution >= 4 is 43.5 Å². The van der Waals surface area contributed by atoms with Crippen LogP contribution in [0.1, 0.15) is 5.48 Å². The molecule has 1 aromatic heterocycles. The first-order valence-electron chi connectivity index (χ1n) is 13.0. The van der Waals surface area contributed by atoms with Gasteiger partial charge in [-0.2, -0.15) is 0 Å². The molecule has 0 aliphatic carbocycles. The first kappa shape index (κ1) is 14.7. The minimum atomic E-state index is -0.233. The van der Waals surface area contributed by atoms with Gasteiger partial charge in [-0.1, -0.05) is 103 Å². The molecule has 7 rings (SSSR count). The Morgan fingerprint density at radius 1 is 0.455 bits per heavy atom. The SMILES string of the molecule is [2H]c1c([2H])c([2H])c2c(-c3ccc4oc5ccccc5c4c3)c3ccccc3c(-c3ccccc3)c2c1[2H]. The molecule has 0 radical (unpaired) electrons. The molecule has 0 fully saturated rings. The van der Waals surface area contributed by atoms with E-state index < -0.39 is 0 Å². The van der Waals surface area contributed by atoms with E-state index in [0.717, 1.165) is 55.0 Å². The van der Waals surface area contributed by atoms with Crippen molar-refractivity contribution in [1.29, 1.82) is 0 Å². The third kappa shape index (κ3) is 2.73. The highest BCUT2D eigenvalue weighted by Gasteiger charge is 2.17. The van der Waals surface area contributed by atoms with Crippen molar-refractivity contribution in [1.82, 2.24) is 0 Å². The number of hydrogen-bond acceptors (Lipinski definition) is 1. The van der Waals surface area contributed by atoms with E-state index in [-0.39, 0.29) is 24.2 Å². The summed E-state index contributed by atoms with van der Waals surface area (Å²) in [6, 6.07) is 31.2. The number of hydrogen-bond donors (Lipinski definition) is 0. The summed E-state index contributed by atoms with van der Waals surface area (Å²) in [7, 11) is 0. The highest BCUT2D eigenvalue weighted by Crippen LogP contribution is 2.44. The Labute approximate surface area is 197 Å². The van der Waals surface area contributed by atoms with Crippen LogP contribution in [-0.4, -0.2) is 0 Å². The first-order chi connectivity index (χ1) is 18.0. The van der Waals surface area contributed by atoms with Crippen molar-refractivity contribution in [3.05, 3.63) is 121 Å². The molecule has 0 saturated heterocycles. The van der Waals surface area contributed by atoms with E-state index in [1.807, 2.05) is 91.0 Å². The summed E-state index contributed by atoms with van der Waals surface area (Å²) in [4.78, 5) is 0. The quantitative estimate of drug-likeness (QED) is 0.252. The number of fused-ring (bicyclic) bond motifs is 5. The molecule has 0 saturated carbocycles. The van der Waals surface area contributed by atoms with Gasteiger partial charge in [-0.15, -0.1) is 0 Å². The third-order valence-corrected chi connectivity index (χ3v) is 6.38. The Bertz CT molecular complexity index is 2020. The average Bonchev–Trinajstić information content (AvgIpc) is 3.32. The number of para-hydroxylation sites is 1. The van der Waals surface area contributed by atoms with Crippen molar-refractivity contribution in [2.45, 2.75) is 0 Å². The molecule has 1 heteroatoms. The minimum absolute atomic E-state index is 0.0308. The molecule has 33 heavy (non-hydrogen) atoms. The van der Waals surface area contributed by atoms with E-state index in [9.17, 15) is 0 Å². The summed E-state index contributed by atoms with van der Waals surface area (Å²) in [5.74, 6) is 0. The van der Waals surface area contributed by atoms with E-state index >= 15 is 0 Å². The van der Waals surface area contributed by atoms with Gasteiger partial charge < -0.3 is 4.42 Å². The Kier molecular flexibility index (Phi) is 3.14. The van der Waals surface area contributed by atoms with E-state index in [1.54, 1.807) is 0 Å². The van der Waals surface area contributed by atoms with Gasteiger partial charge in [-0.05, 0) is 62.0 Å². The van der Waals surface area contributed by atoms with Gasteiger partial charge in [0, 0.05) is 10.8 Å². The molecule has 0 aliphatic rings. The monoisotopic (exact) mass is 424 g/mol. The molecule has 0 spiro atoms. The lowest BCUT2D eigenvalue weighted by Gasteiger charge is -2.17. The lowest BCUT2D eigenvalue weighted by atomic mass is 9.86. The smallest absolute Gasteiger partial charge is 0.135 e. The predicted molar refractivity (Wildman–Crippen MR) is 140 cm³/mol. The standard InChI is InChI=1S/C32H20O/c1-2-10-21(11-3-1)31-24-13-4-6-15-26(24)32(27-16-7-5-14-25(27)31)22-18-19-30-28(20-22)23-12-8-9-17-29(23)33-30/h1-20H/i4D,6D,13D,15D. The lowest BCUT2D eigenvalue weighted by molar-refractivity contribution is 0.669. The van der Waals surface area contributed by atoms with Crippen LogP contribution in [0.15, 0.2) is 126 Å². The minimum Gasteiger partial charge on any atom is -0.456 e. The van der Waals surface area contributed by atoms with Crippen LogP contribution >= 0.6 is 0 Å². The van der Waals surface area contributed by atoms with Crippen molar-refractivity contribution in [3.63, 3.8) is 0 Å². The van der Waals surface area contributed by atoms with Crippen molar-refractivity contribution < 1.29 is 9.90 Å². The summed E-state index contributed by atoms with van der Waals surface area (Å²) in [6.45, 7) is 0. The van der Waals surface area contributed by atoms with Gasteiger partial charge in [0.1, 0.15) is 11.2 Å². The zero-order chi connectivity index (χ0) is 25.3. The van der Waals surface area contributed by atoms with Crippen LogP contribution in [0, 0.1) is 0 Å². The second-order valence-corrected chi connectivity index (χ2v) is 8.22. The fraction of sp³-hybridized carbons (Fsp3) is 0. The molecule has 0 unspecified atom stereocenters. The topological polar surface area (TPSA) is 13.1 Å². The maximum absolute atomic E-state index is 9.01. The number of rotatable bonds is 2. The molecular weight excluding hydrogens is 400 g/mol. The summed E-state index contributed by atoms with van der Waals surface area (Å²) in [5, 5.41) is 4.91. The normalized spacial score (nSPS) is 13.3. The molecule has 7 aromatic rings. The Morgan fingerprint density at radius 2 is 1.03 bits per heavy atom. The summed E-state index contributed by atoms with van der Waals surface area (Å²) in [5.41, 5.74) is 5.00. The summed E-state index contributed by atoms with van der Waals surface area (Å²) < 4.78 is 41.0. The van der Waals surface area contributed by atoms with Gasteiger partial charge in [0.25, 0.3) is 0 Å². The van der Waals surface area contributed by atoms with E-state index in [2.05, 4.69) is 6.07 Å². The number of furan rings is 1. The lowest BCUT2D eigenvalue weighted by Crippen LogP contribution is -1.90. The second-order valence-electron chi connectivity index (χ2n) is 8.22. The Balaban J connectivity index is 1.72. The van der Waals surface area contributed by atoms with E-state index in [0.29, 0.717) is 10.8 Å². The highest BCUT2D eigenvalue weighted by molar-refractivity contribution is 6.22. The summed E-state index contributed by atoms with van der Waals surface area (Å²) in [6.07, 6.45) is 0. The zero-order valence-corrected chi connectivity index (χ0v) is 17.6. The second kappa shape index (κ2) is 7.08. The van der Waals surface area contributed by atoms with E-state index in [4.69, 9.17) is 9.90 Å². The fourth-order valence-corrected chi connectivity index (χ4v) is 4.96. The fourth-order valence-electron chi connectivity index (χ4n) is 4.96. The average molecular weight is 425 g/mol. The Hall–Kier alpha value is -4.36. The van der Waals surface area contributed by atoms with Gasteiger partial charge in [0.15, 0.2) is 0 Å². The van der Waals surface area contributed by atoms with Gasteiger partial charge in [0.2, 0.25) is 0 Å². The van der Waals surface area contributed by atoms with E-state index in [1.165, 1.54) is 0 Å². The third-order valence-electron chi connectivity index (χ3n) is 6.38. The van der Waals surface area contributed by atoms with Crippen LogP contribution < -0.4 is 0 Å². The zero-order valence-electron chi connectivity index (χ0n) is 21.6. The van der Waals surface area contributed by atoms with Crippen molar-refractivity contribution in [3.8, 4) is 22.3 Å². The molecule has 0 aliphatic heterocycles. The molecule has 0 N–H and O–H groups in total. The van der Waals surface area contributed by atoms with Crippen LogP contribution in [0.5, 0.6) is 0 Å². The first-order valence-corrected chi connectivity index (χ1v) is 11.0. The molecule has 0 bridgehead atoms. The van der Waals surface area contributed by atoms with Gasteiger partial charge >= 0.3 is 0 Å². The molecule has 1 heterocycles. The van der Waals surface area contributed by atoms with Crippen LogP contribution in [0.25, 0.3) is 65.7 Å². The number of benzene rings is 6. The largest absolute Gasteiger partial charge is 0.456 e. The molecular formula is C32H20O. The van der Waals surface area contributed by atoms with Crippen LogP contribution in [-0.2, 0) is 0 Å². The Morgan fingerprint density at radius 3 is 1.76 bits per heavy atom. The maximum Gasteiger partial charge on any atom is 0.135 e. The molecule has 6 aromatic carbocycles. The van der Waals surface area contributed by atoms with Gasteiger partial charge in [-0.25, -0.2) is 0 Å². The molecule has 154 valence electrons. The van der Waals surface area contributed by atoms with Gasteiger partial charge in [0.05, 0.1) is 5.48 Å². The molecule has 0 atom stereocenters. The van der Waals surface area contributed by atoms with Crippen LogP contribution in [0.2, 0.25) is 0 Å². The molecule has 1 nitrogen and oxygen atoms in total. The van der Waals surface area contributed by atoms with Crippen molar-refractivity contribution in [2.24, 2.45) is 0 Å². The van der Waals surface area contributed by atoms with Crippen LogP contribution in [0.4, 0.5) is 0 Å². The highest BCUT2D eigenvalue weighted by atomic mass is 16.3.